The van der Waals surface area contributed by atoms with Crippen LogP contribution in [0.2, 0.25) is 0 Å². The van der Waals surface area contributed by atoms with Crippen LogP contribution in [0.3, 0.4) is 0 Å². The number of nitrogens with zero attached hydrogens (tertiary/aromatic N) is 3. The molecule has 0 radical (unpaired) electrons. The first kappa shape index (κ1) is 19.1. The minimum absolute atomic E-state index is 0.145. The molecule has 2 aromatic heterocycles. The maximum atomic E-state index is 13.0. The second-order valence-corrected chi connectivity index (χ2v) is 9.55. The van der Waals surface area contributed by atoms with E-state index in [4.69, 9.17) is 0 Å². The van der Waals surface area contributed by atoms with Gasteiger partial charge in [-0.2, -0.15) is 5.10 Å². The van der Waals surface area contributed by atoms with Crippen molar-refractivity contribution in [1.82, 2.24) is 19.5 Å². The van der Waals surface area contributed by atoms with E-state index in [1.54, 1.807) is 17.8 Å². The van der Waals surface area contributed by atoms with Gasteiger partial charge in [0, 0.05) is 30.6 Å². The Morgan fingerprint density at radius 2 is 1.86 bits per heavy atom. The number of nitrogens with one attached hydrogen (secondary N) is 1. The number of benzene rings is 1. The van der Waals surface area contributed by atoms with E-state index < -0.39 is 10.0 Å². The topological polar surface area (TPSA) is 76.9 Å². The second-order valence-electron chi connectivity index (χ2n) is 7.78. The fraction of sp³-hybridized carbons (Fsp3) is 0.429. The predicted octanol–water partition coefficient (Wildman–Crippen LogP) is 3.46. The van der Waals surface area contributed by atoms with Crippen LogP contribution in [0.4, 0.5) is 0 Å². The van der Waals surface area contributed by atoms with Crippen molar-refractivity contribution in [1.29, 1.82) is 0 Å². The van der Waals surface area contributed by atoms with Gasteiger partial charge in [-0.1, -0.05) is 49.6 Å². The molecule has 0 bridgehead atoms. The van der Waals surface area contributed by atoms with Gasteiger partial charge in [-0.15, -0.1) is 0 Å². The lowest BCUT2D eigenvalue weighted by Gasteiger charge is -2.38. The molecule has 1 saturated carbocycles. The lowest BCUT2D eigenvalue weighted by atomic mass is 9.69. The Balaban J connectivity index is 1.63. The van der Waals surface area contributed by atoms with E-state index in [2.05, 4.69) is 26.9 Å². The lowest BCUT2D eigenvalue weighted by Crippen LogP contribution is -2.42. The number of hydrogen-bond acceptors (Lipinski definition) is 4. The predicted molar refractivity (Wildman–Crippen MR) is 110 cm³/mol. The zero-order valence-corrected chi connectivity index (χ0v) is 17.2. The van der Waals surface area contributed by atoms with E-state index in [9.17, 15) is 8.42 Å². The third kappa shape index (κ3) is 3.44. The molecule has 4 rings (SSSR count). The van der Waals surface area contributed by atoms with Crippen LogP contribution in [-0.4, -0.2) is 29.7 Å². The van der Waals surface area contributed by atoms with E-state index >= 15 is 0 Å². The van der Waals surface area contributed by atoms with Crippen LogP contribution in [0.5, 0.6) is 0 Å². The molecule has 148 valence electrons. The normalized spacial score (nSPS) is 17.1. The summed E-state index contributed by atoms with van der Waals surface area (Å²) in [5.41, 5.74) is 2.53. The number of pyridine rings is 1. The Labute approximate surface area is 166 Å². The summed E-state index contributed by atoms with van der Waals surface area (Å²) in [7, 11) is -1.85. The average molecular weight is 399 g/mol. The Hall–Kier alpha value is -2.25. The van der Waals surface area contributed by atoms with Gasteiger partial charge in [0.1, 0.15) is 4.90 Å². The average Bonchev–Trinajstić information content (AvgIpc) is 3.01. The first-order chi connectivity index (χ1) is 13.4. The number of rotatable bonds is 5. The molecule has 7 heteroatoms. The Bertz CT molecular complexity index is 1080. The third-order valence-corrected chi connectivity index (χ3v) is 7.31. The molecular formula is C21H26N4O2S. The number of fused-ring (bicyclic) bond motifs is 1. The van der Waals surface area contributed by atoms with E-state index in [0.717, 1.165) is 36.8 Å². The van der Waals surface area contributed by atoms with E-state index in [1.165, 1.54) is 18.2 Å². The molecule has 0 atom stereocenters. The van der Waals surface area contributed by atoms with Gasteiger partial charge in [-0.05, 0) is 31.4 Å². The number of hydrogen-bond donors (Lipinski definition) is 1. The first-order valence-corrected chi connectivity index (χ1v) is 11.2. The zero-order valence-electron chi connectivity index (χ0n) is 16.4. The van der Waals surface area contributed by atoms with Crippen molar-refractivity contribution < 1.29 is 8.42 Å². The van der Waals surface area contributed by atoms with E-state index in [-0.39, 0.29) is 10.3 Å². The van der Waals surface area contributed by atoms with Crippen molar-refractivity contribution in [2.24, 2.45) is 7.05 Å². The van der Waals surface area contributed by atoms with Crippen LogP contribution >= 0.6 is 0 Å². The van der Waals surface area contributed by atoms with Crippen molar-refractivity contribution in [3.05, 3.63) is 53.9 Å². The van der Waals surface area contributed by atoms with Crippen molar-refractivity contribution in [3.8, 4) is 0 Å². The van der Waals surface area contributed by atoms with Crippen LogP contribution in [-0.2, 0) is 22.5 Å². The summed E-state index contributed by atoms with van der Waals surface area (Å²) in [6, 6.07) is 12.0. The quantitative estimate of drug-likeness (QED) is 0.714. The van der Waals surface area contributed by atoms with Gasteiger partial charge >= 0.3 is 0 Å². The van der Waals surface area contributed by atoms with Gasteiger partial charge in [0.05, 0.1) is 5.69 Å². The fourth-order valence-corrected chi connectivity index (χ4v) is 5.44. The largest absolute Gasteiger partial charge is 0.250 e. The molecular weight excluding hydrogens is 372 g/mol. The van der Waals surface area contributed by atoms with Crippen molar-refractivity contribution >= 4 is 21.1 Å². The van der Waals surface area contributed by atoms with Crippen LogP contribution in [0.15, 0.2) is 47.5 Å². The minimum Gasteiger partial charge on any atom is -0.250 e. The van der Waals surface area contributed by atoms with Crippen LogP contribution in [0, 0.1) is 6.92 Å². The summed E-state index contributed by atoms with van der Waals surface area (Å²) in [5.74, 6) is 0. The highest BCUT2D eigenvalue weighted by Crippen LogP contribution is 2.39. The molecule has 1 aromatic carbocycles. The molecule has 2 heterocycles. The summed E-state index contributed by atoms with van der Waals surface area (Å²) < 4.78 is 30.6. The molecule has 6 nitrogen and oxygen atoms in total. The maximum Gasteiger partial charge on any atom is 0.242 e. The van der Waals surface area contributed by atoms with E-state index in [0.29, 0.717) is 12.2 Å². The molecule has 0 spiro atoms. The molecule has 1 aliphatic rings. The van der Waals surface area contributed by atoms with Crippen molar-refractivity contribution in [2.45, 2.75) is 49.3 Å². The molecule has 0 aliphatic heterocycles. The summed E-state index contributed by atoms with van der Waals surface area (Å²) in [6.07, 6.45) is 6.87. The number of aryl methyl sites for hydroxylation is 2. The minimum atomic E-state index is -3.65. The molecule has 0 saturated heterocycles. The van der Waals surface area contributed by atoms with Crippen molar-refractivity contribution in [3.63, 3.8) is 0 Å². The van der Waals surface area contributed by atoms with Crippen molar-refractivity contribution in [2.75, 3.05) is 6.54 Å². The third-order valence-electron chi connectivity index (χ3n) is 5.95. The monoisotopic (exact) mass is 398 g/mol. The molecule has 0 amide bonds. The first-order valence-electron chi connectivity index (χ1n) is 9.76. The standard InChI is InChI=1S/C21H26N4O2S/c1-16-19-13-18(14-22-20(19)25(2)24-16)28(26,27)23-15-21(11-7-4-8-12-21)17-9-5-3-6-10-17/h3,5-6,9-10,13-14,23H,4,7-8,11-12,15H2,1-2H3. The summed E-state index contributed by atoms with van der Waals surface area (Å²) in [4.78, 5) is 4.51. The molecule has 3 aromatic rings. The molecule has 1 aliphatic carbocycles. The number of sulfonamides is 1. The summed E-state index contributed by atoms with van der Waals surface area (Å²) in [5, 5.41) is 5.09. The molecule has 1 fully saturated rings. The second kappa shape index (κ2) is 7.29. The Kier molecular flexibility index (Phi) is 4.97. The molecule has 0 unspecified atom stereocenters. The fourth-order valence-electron chi connectivity index (χ4n) is 4.34. The smallest absolute Gasteiger partial charge is 0.242 e. The van der Waals surface area contributed by atoms with Gasteiger partial charge in [0.25, 0.3) is 0 Å². The summed E-state index contributed by atoms with van der Waals surface area (Å²) >= 11 is 0. The highest BCUT2D eigenvalue weighted by Gasteiger charge is 2.35. The summed E-state index contributed by atoms with van der Waals surface area (Å²) in [6.45, 7) is 2.27. The maximum absolute atomic E-state index is 13.0. The lowest BCUT2D eigenvalue weighted by molar-refractivity contribution is 0.293. The van der Waals surface area contributed by atoms with Gasteiger partial charge in [0.15, 0.2) is 5.65 Å². The molecule has 1 N–H and O–H groups in total. The van der Waals surface area contributed by atoms with Gasteiger partial charge in [0.2, 0.25) is 10.0 Å². The zero-order chi connectivity index (χ0) is 19.8. The van der Waals surface area contributed by atoms with Crippen LogP contribution < -0.4 is 4.72 Å². The van der Waals surface area contributed by atoms with Gasteiger partial charge < -0.3 is 0 Å². The van der Waals surface area contributed by atoms with Crippen LogP contribution in [0.25, 0.3) is 11.0 Å². The van der Waals surface area contributed by atoms with Gasteiger partial charge in [-0.3, -0.25) is 4.68 Å². The highest BCUT2D eigenvalue weighted by atomic mass is 32.2. The Morgan fingerprint density at radius 3 is 2.57 bits per heavy atom. The SMILES string of the molecule is Cc1nn(C)c2ncc(S(=O)(=O)NCC3(c4ccccc4)CCCCC3)cc12. The molecule has 28 heavy (non-hydrogen) atoms. The number of aromatic nitrogens is 3. The highest BCUT2D eigenvalue weighted by molar-refractivity contribution is 7.89. The Morgan fingerprint density at radius 1 is 1.14 bits per heavy atom. The van der Waals surface area contributed by atoms with Gasteiger partial charge in [-0.25, -0.2) is 18.1 Å². The van der Waals surface area contributed by atoms with E-state index in [1.807, 2.05) is 25.1 Å². The van der Waals surface area contributed by atoms with Crippen LogP contribution in [0.1, 0.15) is 43.4 Å².